The van der Waals surface area contributed by atoms with Crippen LogP contribution in [0.2, 0.25) is 0 Å². The molecule has 3 heteroatoms. The number of nitrogens with one attached hydrogen (secondary N) is 2. The fourth-order valence-corrected chi connectivity index (χ4v) is 2.50. The van der Waals surface area contributed by atoms with E-state index in [4.69, 9.17) is 0 Å². The highest BCUT2D eigenvalue weighted by Gasteiger charge is 2.19. The second-order valence-corrected chi connectivity index (χ2v) is 4.84. The van der Waals surface area contributed by atoms with Crippen molar-refractivity contribution < 1.29 is 4.79 Å². The van der Waals surface area contributed by atoms with Gasteiger partial charge in [0, 0.05) is 25.6 Å². The molecule has 0 aromatic heterocycles. The summed E-state index contributed by atoms with van der Waals surface area (Å²) < 4.78 is 0. The normalized spacial score (nSPS) is 19.4. The van der Waals surface area contributed by atoms with Crippen molar-refractivity contribution in [1.82, 2.24) is 10.6 Å². The Bertz CT molecular complexity index is 200. The number of rotatable bonds is 6. The quantitative estimate of drug-likeness (QED) is 0.728. The van der Waals surface area contributed by atoms with Crippen molar-refractivity contribution in [1.29, 1.82) is 0 Å². The summed E-state index contributed by atoms with van der Waals surface area (Å²) in [7, 11) is 0. The SMILES string of the molecule is CCNC(=O)CCN[C@H](C)C1CCCCC1. The standard InChI is InChI=1S/C13H26N2O/c1-3-14-13(16)9-10-15-11(2)12-7-5-4-6-8-12/h11-12,15H,3-10H2,1-2H3,(H,14,16)/t11-/m1/s1. The fourth-order valence-electron chi connectivity index (χ4n) is 2.50. The molecule has 0 bridgehead atoms. The Morgan fingerprint density at radius 2 is 2.00 bits per heavy atom. The van der Waals surface area contributed by atoms with Gasteiger partial charge in [-0.05, 0) is 32.6 Å². The lowest BCUT2D eigenvalue weighted by Crippen LogP contribution is -2.37. The highest BCUT2D eigenvalue weighted by molar-refractivity contribution is 5.75. The molecule has 0 heterocycles. The molecule has 16 heavy (non-hydrogen) atoms. The second kappa shape index (κ2) is 7.66. The van der Waals surface area contributed by atoms with E-state index in [-0.39, 0.29) is 5.91 Å². The molecule has 1 aliphatic rings. The summed E-state index contributed by atoms with van der Waals surface area (Å²) in [5, 5.41) is 6.30. The molecule has 2 N–H and O–H groups in total. The summed E-state index contributed by atoms with van der Waals surface area (Å²) >= 11 is 0. The average molecular weight is 226 g/mol. The molecule has 1 amide bonds. The zero-order valence-corrected chi connectivity index (χ0v) is 10.7. The second-order valence-electron chi connectivity index (χ2n) is 4.84. The van der Waals surface area contributed by atoms with E-state index < -0.39 is 0 Å². The minimum absolute atomic E-state index is 0.158. The largest absolute Gasteiger partial charge is 0.356 e. The summed E-state index contributed by atoms with van der Waals surface area (Å²) in [4.78, 5) is 11.2. The van der Waals surface area contributed by atoms with Gasteiger partial charge >= 0.3 is 0 Å². The van der Waals surface area contributed by atoms with Crippen LogP contribution in [-0.4, -0.2) is 25.0 Å². The van der Waals surface area contributed by atoms with Gasteiger partial charge in [0.2, 0.25) is 5.91 Å². The third-order valence-corrected chi connectivity index (χ3v) is 3.55. The van der Waals surface area contributed by atoms with E-state index in [0.717, 1.165) is 19.0 Å². The minimum Gasteiger partial charge on any atom is -0.356 e. The van der Waals surface area contributed by atoms with Crippen LogP contribution in [0.4, 0.5) is 0 Å². The first-order valence-electron chi connectivity index (χ1n) is 6.74. The topological polar surface area (TPSA) is 41.1 Å². The van der Waals surface area contributed by atoms with E-state index in [9.17, 15) is 4.79 Å². The lowest BCUT2D eigenvalue weighted by Gasteiger charge is -2.28. The van der Waals surface area contributed by atoms with Crippen LogP contribution in [0.1, 0.15) is 52.4 Å². The first kappa shape index (κ1) is 13.5. The third kappa shape index (κ3) is 4.97. The molecule has 1 saturated carbocycles. The van der Waals surface area contributed by atoms with E-state index in [0.29, 0.717) is 12.5 Å². The fraction of sp³-hybridized carbons (Fsp3) is 0.923. The first-order chi connectivity index (χ1) is 7.74. The van der Waals surface area contributed by atoms with E-state index in [1.807, 2.05) is 6.92 Å². The molecule has 0 saturated heterocycles. The van der Waals surface area contributed by atoms with Crippen molar-refractivity contribution in [2.24, 2.45) is 5.92 Å². The predicted octanol–water partition coefficient (Wildman–Crippen LogP) is 2.07. The van der Waals surface area contributed by atoms with Crippen molar-refractivity contribution in [3.63, 3.8) is 0 Å². The van der Waals surface area contributed by atoms with Crippen LogP contribution in [0, 0.1) is 5.92 Å². The van der Waals surface area contributed by atoms with Crippen LogP contribution < -0.4 is 10.6 Å². The zero-order chi connectivity index (χ0) is 11.8. The van der Waals surface area contributed by atoms with Crippen LogP contribution in [0.5, 0.6) is 0 Å². The maximum atomic E-state index is 11.2. The maximum absolute atomic E-state index is 11.2. The van der Waals surface area contributed by atoms with Crippen LogP contribution in [-0.2, 0) is 4.79 Å². The third-order valence-electron chi connectivity index (χ3n) is 3.55. The Balaban J connectivity index is 2.09. The Labute approximate surface area is 99.4 Å². The average Bonchev–Trinajstić information content (AvgIpc) is 2.30. The molecule has 0 aromatic carbocycles. The summed E-state index contributed by atoms with van der Waals surface area (Å²) in [5.41, 5.74) is 0. The molecular formula is C13H26N2O. The summed E-state index contributed by atoms with van der Waals surface area (Å²) in [6, 6.07) is 0.565. The molecule has 0 radical (unpaired) electrons. The number of carbonyl (C=O) groups is 1. The van der Waals surface area contributed by atoms with Crippen molar-refractivity contribution in [3.8, 4) is 0 Å². The lowest BCUT2D eigenvalue weighted by molar-refractivity contribution is -0.120. The smallest absolute Gasteiger partial charge is 0.221 e. The maximum Gasteiger partial charge on any atom is 0.221 e. The summed E-state index contributed by atoms with van der Waals surface area (Å²) in [5.74, 6) is 0.980. The minimum atomic E-state index is 0.158. The van der Waals surface area contributed by atoms with Gasteiger partial charge in [-0.2, -0.15) is 0 Å². The Kier molecular flexibility index (Phi) is 6.46. The first-order valence-corrected chi connectivity index (χ1v) is 6.74. The molecule has 0 aromatic rings. The van der Waals surface area contributed by atoms with Crippen molar-refractivity contribution in [2.75, 3.05) is 13.1 Å². The highest BCUT2D eigenvalue weighted by Crippen LogP contribution is 2.26. The molecule has 0 spiro atoms. The van der Waals surface area contributed by atoms with Crippen LogP contribution >= 0.6 is 0 Å². The summed E-state index contributed by atoms with van der Waals surface area (Å²) in [6.07, 6.45) is 7.48. The number of amides is 1. The van der Waals surface area contributed by atoms with Gasteiger partial charge in [-0.15, -0.1) is 0 Å². The van der Waals surface area contributed by atoms with E-state index in [2.05, 4.69) is 17.6 Å². The molecule has 1 fully saturated rings. The van der Waals surface area contributed by atoms with E-state index in [1.165, 1.54) is 32.1 Å². The highest BCUT2D eigenvalue weighted by atomic mass is 16.1. The van der Waals surface area contributed by atoms with E-state index in [1.54, 1.807) is 0 Å². The van der Waals surface area contributed by atoms with Gasteiger partial charge in [0.25, 0.3) is 0 Å². The monoisotopic (exact) mass is 226 g/mol. The molecule has 1 aliphatic carbocycles. The van der Waals surface area contributed by atoms with Crippen molar-refractivity contribution >= 4 is 5.91 Å². The van der Waals surface area contributed by atoms with Gasteiger partial charge in [-0.1, -0.05) is 19.3 Å². The van der Waals surface area contributed by atoms with Gasteiger partial charge in [0.1, 0.15) is 0 Å². The van der Waals surface area contributed by atoms with E-state index >= 15 is 0 Å². The zero-order valence-electron chi connectivity index (χ0n) is 10.7. The van der Waals surface area contributed by atoms with Crippen LogP contribution in [0.25, 0.3) is 0 Å². The van der Waals surface area contributed by atoms with Gasteiger partial charge in [0.15, 0.2) is 0 Å². The molecular weight excluding hydrogens is 200 g/mol. The number of carbonyl (C=O) groups excluding carboxylic acids is 1. The lowest BCUT2D eigenvalue weighted by atomic mass is 9.84. The number of hydrogen-bond donors (Lipinski definition) is 2. The molecule has 94 valence electrons. The molecule has 3 nitrogen and oxygen atoms in total. The summed E-state index contributed by atoms with van der Waals surface area (Å²) in [6.45, 7) is 5.75. The number of hydrogen-bond acceptors (Lipinski definition) is 2. The van der Waals surface area contributed by atoms with Crippen LogP contribution in [0.3, 0.4) is 0 Å². The molecule has 0 unspecified atom stereocenters. The Morgan fingerprint density at radius 3 is 2.62 bits per heavy atom. The Morgan fingerprint density at radius 1 is 1.31 bits per heavy atom. The van der Waals surface area contributed by atoms with Crippen molar-refractivity contribution in [2.45, 2.75) is 58.4 Å². The Hall–Kier alpha value is -0.570. The predicted molar refractivity (Wildman–Crippen MR) is 67.3 cm³/mol. The van der Waals surface area contributed by atoms with Gasteiger partial charge in [-0.25, -0.2) is 0 Å². The molecule has 1 atom stereocenters. The van der Waals surface area contributed by atoms with Gasteiger partial charge in [0.05, 0.1) is 0 Å². The van der Waals surface area contributed by atoms with Crippen LogP contribution in [0.15, 0.2) is 0 Å². The molecule has 1 rings (SSSR count). The van der Waals surface area contributed by atoms with Gasteiger partial charge < -0.3 is 10.6 Å². The van der Waals surface area contributed by atoms with Crippen molar-refractivity contribution in [3.05, 3.63) is 0 Å². The molecule has 0 aliphatic heterocycles. The van der Waals surface area contributed by atoms with Gasteiger partial charge in [-0.3, -0.25) is 4.79 Å².